The Balaban J connectivity index is 2.04. The van der Waals surface area contributed by atoms with Crippen molar-refractivity contribution >= 4 is 48.8 Å². The van der Waals surface area contributed by atoms with E-state index in [1.807, 2.05) is 88.4 Å². The maximum Gasteiger partial charge on any atom is 0.327 e. The van der Waals surface area contributed by atoms with Crippen LogP contribution in [-0.4, -0.2) is 53.7 Å². The van der Waals surface area contributed by atoms with Crippen LogP contribution in [0.1, 0.15) is 61.8 Å². The average Bonchev–Trinajstić information content (AvgIpc) is 2.91. The van der Waals surface area contributed by atoms with E-state index in [4.69, 9.17) is 42.3 Å². The van der Waals surface area contributed by atoms with Gasteiger partial charge < -0.3 is 18.7 Å². The molecular weight excluding hydrogens is 610 g/mol. The van der Waals surface area contributed by atoms with E-state index in [1.54, 1.807) is 27.7 Å². The molecule has 0 amide bonds. The summed E-state index contributed by atoms with van der Waals surface area (Å²) in [5.41, 5.74) is 0.0398. The van der Waals surface area contributed by atoms with Crippen LogP contribution in [-0.2, 0) is 42.7 Å². The summed E-state index contributed by atoms with van der Waals surface area (Å²) in [6, 6.07) is 17.5. The molecule has 0 aliphatic rings. The first-order valence-electron chi connectivity index (χ1n) is 14.1. The zero-order chi connectivity index (χ0) is 31.5. The Morgan fingerprint density at radius 2 is 1.38 bits per heavy atom. The number of para-hydroxylation sites is 2. The third kappa shape index (κ3) is 11.6. The van der Waals surface area contributed by atoms with Gasteiger partial charge in [-0.1, -0.05) is 50.2 Å². The number of hydrogen-bond acceptors (Lipinski definition) is 8. The summed E-state index contributed by atoms with van der Waals surface area (Å²) in [5.74, 6) is 0.572. The van der Waals surface area contributed by atoms with Crippen molar-refractivity contribution in [3.8, 4) is 11.5 Å². The van der Waals surface area contributed by atoms with Crippen LogP contribution < -0.4 is 19.4 Å². The largest absolute Gasteiger partial charge is 0.489 e. The SMILES string of the molecule is CC(C)OC(=O)[C@H](C)NP(=S)(Oc1ccccc1)C(C)(C)CC(C)OC(=O)[C@@H](C)N[P+](=S)C(C)COc1ccccc1. The second kappa shape index (κ2) is 16.8. The van der Waals surface area contributed by atoms with Crippen molar-refractivity contribution in [2.45, 2.75) is 96.9 Å². The maximum atomic E-state index is 13.0. The fourth-order valence-electron chi connectivity index (χ4n) is 3.93. The minimum Gasteiger partial charge on any atom is -0.489 e. The van der Waals surface area contributed by atoms with E-state index in [-0.39, 0.29) is 11.8 Å². The highest BCUT2D eigenvalue weighted by Gasteiger charge is 2.43. The van der Waals surface area contributed by atoms with Crippen molar-refractivity contribution < 1.29 is 28.3 Å². The van der Waals surface area contributed by atoms with Crippen LogP contribution in [0.25, 0.3) is 0 Å². The van der Waals surface area contributed by atoms with Gasteiger partial charge in [-0.15, -0.1) is 5.09 Å². The molecule has 2 aromatic rings. The zero-order valence-corrected chi connectivity index (χ0v) is 29.2. The molecule has 232 valence electrons. The van der Waals surface area contributed by atoms with Crippen LogP contribution in [0.3, 0.4) is 0 Å². The van der Waals surface area contributed by atoms with Crippen LogP contribution in [0, 0.1) is 0 Å². The molecule has 4 unspecified atom stereocenters. The van der Waals surface area contributed by atoms with Gasteiger partial charge in [0.25, 0.3) is 6.85 Å². The van der Waals surface area contributed by atoms with Gasteiger partial charge in [0.05, 0.1) is 6.10 Å². The molecule has 2 aromatic carbocycles. The number of rotatable bonds is 17. The average molecular weight is 656 g/mol. The number of carbonyl (C=O) groups excluding carboxylic acids is 2. The topological polar surface area (TPSA) is 95.1 Å². The van der Waals surface area contributed by atoms with Gasteiger partial charge in [0.2, 0.25) is 0 Å². The van der Waals surface area contributed by atoms with Crippen molar-refractivity contribution in [1.29, 1.82) is 0 Å². The number of hydrogen-bond donors (Lipinski definition) is 2. The molecule has 0 aliphatic heterocycles. The van der Waals surface area contributed by atoms with Crippen molar-refractivity contribution in [3.05, 3.63) is 60.7 Å². The van der Waals surface area contributed by atoms with Crippen LogP contribution in [0.2, 0.25) is 0 Å². The summed E-state index contributed by atoms with van der Waals surface area (Å²) in [6.07, 6.45) is -3.27. The molecule has 0 radical (unpaired) electrons. The van der Waals surface area contributed by atoms with Gasteiger partial charge >= 0.3 is 11.9 Å². The molecule has 42 heavy (non-hydrogen) atoms. The summed E-state index contributed by atoms with van der Waals surface area (Å²) >= 11 is 11.8. The van der Waals surface area contributed by atoms with Gasteiger partial charge in [0.15, 0.2) is 23.9 Å². The zero-order valence-electron chi connectivity index (χ0n) is 25.7. The van der Waals surface area contributed by atoms with Crippen LogP contribution in [0.15, 0.2) is 60.7 Å². The maximum absolute atomic E-state index is 13.0. The standard InChI is InChI=1S/C30H45N2O6P2S2/c1-21(2)36-29(34)25(6)32-40(42,38-27-17-13-10-14-18-27)30(7,8)19-22(3)37-28(33)24(5)31-39(41)23(4)20-35-26-15-11-9-12-16-26/h9-18,21-25H,19-20H2,1-8H3,(H,31,41)(H,32,42)/q+1/t22?,23?,24-,25+,40?/m1/s1. The van der Waals surface area contributed by atoms with Crippen LogP contribution >= 0.6 is 13.3 Å². The highest BCUT2D eigenvalue weighted by atomic mass is 32.4. The molecule has 0 spiro atoms. The third-order valence-corrected chi connectivity index (χ3v) is 14.2. The Morgan fingerprint density at radius 1 is 0.857 bits per heavy atom. The van der Waals surface area contributed by atoms with E-state index in [2.05, 4.69) is 10.2 Å². The molecule has 12 heteroatoms. The minimum absolute atomic E-state index is 0.0398. The molecule has 8 nitrogen and oxygen atoms in total. The second-order valence-corrected chi connectivity index (χ2v) is 18.5. The predicted octanol–water partition coefficient (Wildman–Crippen LogP) is 6.71. The fourth-order valence-corrected chi connectivity index (χ4v) is 8.68. The summed E-state index contributed by atoms with van der Waals surface area (Å²) in [7, 11) is 0. The first-order valence-corrected chi connectivity index (χ1v) is 19.2. The number of esters is 2. The van der Waals surface area contributed by atoms with E-state index in [0.29, 0.717) is 18.8 Å². The lowest BCUT2D eigenvalue weighted by Crippen LogP contribution is -2.43. The van der Waals surface area contributed by atoms with Gasteiger partial charge in [-0.05, 0) is 84.0 Å². The van der Waals surface area contributed by atoms with Crippen LogP contribution in [0.4, 0.5) is 0 Å². The van der Waals surface area contributed by atoms with E-state index < -0.39 is 48.5 Å². The first kappa shape index (κ1) is 36.3. The van der Waals surface area contributed by atoms with Crippen molar-refractivity contribution in [2.75, 3.05) is 6.61 Å². The second-order valence-electron chi connectivity index (χ2n) is 11.2. The number of carbonyl (C=O) groups is 2. The summed E-state index contributed by atoms with van der Waals surface area (Å²) in [4.78, 5) is 25.7. The van der Waals surface area contributed by atoms with E-state index in [9.17, 15) is 9.59 Å². The summed E-state index contributed by atoms with van der Waals surface area (Å²) < 4.78 is 23.5. The van der Waals surface area contributed by atoms with Crippen molar-refractivity contribution in [1.82, 2.24) is 10.2 Å². The van der Waals surface area contributed by atoms with Crippen LogP contribution in [0.5, 0.6) is 11.5 Å². The molecule has 2 rings (SSSR count). The molecule has 0 fully saturated rings. The summed E-state index contributed by atoms with van der Waals surface area (Å²) in [5, 5.41) is 5.84. The fraction of sp³-hybridized carbons (Fsp3) is 0.533. The molecule has 0 bridgehead atoms. The van der Waals surface area contributed by atoms with Crippen molar-refractivity contribution in [3.63, 3.8) is 0 Å². The quantitative estimate of drug-likeness (QED) is 0.142. The summed E-state index contributed by atoms with van der Waals surface area (Å²) in [6.45, 7) is 14.2. The lowest BCUT2D eigenvalue weighted by Gasteiger charge is -2.40. The van der Waals surface area contributed by atoms with Gasteiger partial charge in [-0.3, -0.25) is 9.59 Å². The van der Waals surface area contributed by atoms with E-state index in [1.165, 1.54) is 0 Å². The Bertz CT molecular complexity index is 1220. The Labute approximate surface area is 262 Å². The highest BCUT2D eigenvalue weighted by Crippen LogP contribution is 2.58. The highest BCUT2D eigenvalue weighted by molar-refractivity contribution is 8.12. The van der Waals surface area contributed by atoms with Gasteiger partial charge in [0, 0.05) is 5.16 Å². The van der Waals surface area contributed by atoms with Crippen molar-refractivity contribution in [2.24, 2.45) is 0 Å². The lowest BCUT2D eigenvalue weighted by molar-refractivity contribution is -0.150. The third-order valence-electron chi connectivity index (χ3n) is 6.26. The molecule has 0 aromatic heterocycles. The van der Waals surface area contributed by atoms with Gasteiger partial charge in [-0.2, -0.15) is 0 Å². The monoisotopic (exact) mass is 655 g/mol. The minimum atomic E-state index is -2.94. The number of benzene rings is 2. The molecule has 0 saturated heterocycles. The molecule has 0 aliphatic carbocycles. The Kier molecular flexibility index (Phi) is 14.5. The molecule has 6 atom stereocenters. The number of ether oxygens (including phenoxy) is 3. The molecule has 0 heterocycles. The van der Waals surface area contributed by atoms with E-state index in [0.717, 1.165) is 5.75 Å². The normalized spacial score (nSPS) is 16.4. The molecule has 0 saturated carbocycles. The first-order chi connectivity index (χ1) is 19.6. The van der Waals surface area contributed by atoms with Gasteiger partial charge in [0.1, 0.15) is 36.3 Å². The number of nitrogens with one attached hydrogen (secondary N) is 2. The smallest absolute Gasteiger partial charge is 0.327 e. The molecule has 2 N–H and O–H groups in total. The molecular formula is C30H45N2O6P2S2+. The predicted molar refractivity (Wildman–Crippen MR) is 178 cm³/mol. The lowest BCUT2D eigenvalue weighted by atomic mass is 10.1. The Morgan fingerprint density at radius 3 is 1.93 bits per heavy atom. The van der Waals surface area contributed by atoms with Gasteiger partial charge in [-0.25, -0.2) is 5.09 Å². The van der Waals surface area contributed by atoms with E-state index >= 15 is 0 Å². The Hall–Kier alpha value is -1.93.